The van der Waals surface area contributed by atoms with Gasteiger partial charge in [0.2, 0.25) is 10.4 Å². The first kappa shape index (κ1) is 24.4. The fourth-order valence-electron chi connectivity index (χ4n) is 3.34. The zero-order valence-corrected chi connectivity index (χ0v) is 18.9. The molecule has 2 aromatic carbocycles. The Hall–Kier alpha value is -0.910. The second kappa shape index (κ2) is 9.49. The molecule has 29 heavy (non-hydrogen) atoms. The minimum Gasteiger partial charge on any atom is -0.726 e. The van der Waals surface area contributed by atoms with Crippen LogP contribution in [0.5, 0.6) is 0 Å². The molecule has 2 N–H and O–H groups in total. The van der Waals surface area contributed by atoms with Crippen molar-refractivity contribution in [1.29, 1.82) is 0 Å². The summed E-state index contributed by atoms with van der Waals surface area (Å²) in [4.78, 5) is 0.123. The number of rotatable bonds is 3. The Bertz CT molecular complexity index is 1100. The van der Waals surface area contributed by atoms with E-state index in [2.05, 4.69) is 5.32 Å². The number of benzene rings is 2. The topological polar surface area (TPSA) is 124 Å². The highest BCUT2D eigenvalue weighted by Crippen LogP contribution is 2.43. The van der Waals surface area contributed by atoms with Crippen LogP contribution in [-0.4, -0.2) is 33.0 Å². The highest BCUT2D eigenvalue weighted by atomic mass is 35.7. The lowest BCUT2D eigenvalue weighted by molar-refractivity contribution is 0.366. The first-order valence-electron chi connectivity index (χ1n) is 8.20. The van der Waals surface area contributed by atoms with Gasteiger partial charge in [0.05, 0.1) is 14.9 Å². The lowest BCUT2D eigenvalue weighted by atomic mass is 9.77. The highest BCUT2D eigenvalue weighted by molar-refractivity contribution is 8.13. The molecule has 3 rings (SSSR count). The molecule has 0 amide bonds. The number of hydrogen-bond donors (Lipinski definition) is 2. The molecule has 160 valence electrons. The molecular weight excluding hydrogens is 485 g/mol. The molecule has 0 fully saturated rings. The first-order valence-corrected chi connectivity index (χ1v) is 12.6. The average molecular weight is 503 g/mol. The molecule has 0 spiro atoms. The van der Waals surface area contributed by atoms with Gasteiger partial charge in [0.25, 0.3) is 9.05 Å². The van der Waals surface area contributed by atoms with Crippen LogP contribution < -0.4 is 5.32 Å². The summed E-state index contributed by atoms with van der Waals surface area (Å²) in [5.74, 6) is 0.145. The van der Waals surface area contributed by atoms with Crippen molar-refractivity contribution in [2.24, 2.45) is 0 Å². The Morgan fingerprint density at radius 2 is 1.66 bits per heavy atom. The molecule has 2 aromatic rings. The standard InChI is InChI=1S/C17H16Cl3NO2S.H2O4S/c1-21-17-7-5-12(10-2-6-15(18)16(19)8-10)13-4-3-11(9-14(13)17)24(20,22)23;1-5(2,3)4/h2-4,6,8-9,12,17,21H,5,7H2,1H3;(H2,1,2,3,4). The molecule has 2 atom stereocenters. The largest absolute Gasteiger partial charge is 1.00 e. The van der Waals surface area contributed by atoms with E-state index in [0.29, 0.717) is 10.0 Å². The van der Waals surface area contributed by atoms with E-state index in [1.54, 1.807) is 18.2 Å². The van der Waals surface area contributed by atoms with Gasteiger partial charge >= 0.3 is 1.43 Å². The van der Waals surface area contributed by atoms with Crippen molar-refractivity contribution in [3.05, 3.63) is 63.1 Å². The maximum absolute atomic E-state index is 11.7. The molecular formula is C17H18Cl3NO6S2. The SMILES string of the molecule is CNC1CCC(c2ccc(Cl)c(Cl)c2)c2ccc(S(=O)(=O)Cl)cc21.O=S(=O)([O-])O.[H+]. The molecule has 0 aliphatic heterocycles. The van der Waals surface area contributed by atoms with Gasteiger partial charge in [-0.15, -0.1) is 0 Å². The van der Waals surface area contributed by atoms with E-state index in [4.69, 9.17) is 51.4 Å². The van der Waals surface area contributed by atoms with E-state index in [1.807, 2.05) is 25.2 Å². The molecule has 0 bridgehead atoms. The molecule has 0 aromatic heterocycles. The van der Waals surface area contributed by atoms with Crippen molar-refractivity contribution in [2.45, 2.75) is 29.7 Å². The van der Waals surface area contributed by atoms with E-state index >= 15 is 0 Å². The summed E-state index contributed by atoms with van der Waals surface area (Å²) in [6.07, 6.45) is 1.82. The molecule has 0 saturated carbocycles. The van der Waals surface area contributed by atoms with Gasteiger partial charge in [0.1, 0.15) is 0 Å². The number of fused-ring (bicyclic) bond motifs is 1. The Morgan fingerprint density at radius 3 is 2.17 bits per heavy atom. The van der Waals surface area contributed by atoms with E-state index in [-0.39, 0.29) is 18.3 Å². The summed E-state index contributed by atoms with van der Waals surface area (Å²) in [6, 6.07) is 10.8. The van der Waals surface area contributed by atoms with Crippen LogP contribution in [0.4, 0.5) is 0 Å². The molecule has 1 aliphatic carbocycles. The normalized spacial score (nSPS) is 19.1. The van der Waals surface area contributed by atoms with Crippen LogP contribution in [0, 0.1) is 0 Å². The monoisotopic (exact) mass is 501 g/mol. The summed E-state index contributed by atoms with van der Waals surface area (Å²) in [5, 5.41) is 4.29. The van der Waals surface area contributed by atoms with E-state index < -0.39 is 19.4 Å². The van der Waals surface area contributed by atoms with Gasteiger partial charge in [-0.05, 0) is 60.8 Å². The van der Waals surface area contributed by atoms with Gasteiger partial charge < -0.3 is 9.87 Å². The summed E-state index contributed by atoms with van der Waals surface area (Å²) in [5.41, 5.74) is 3.12. The fraction of sp³-hybridized carbons (Fsp3) is 0.294. The van der Waals surface area contributed by atoms with Crippen LogP contribution in [0.3, 0.4) is 0 Å². The van der Waals surface area contributed by atoms with Gasteiger partial charge in [0, 0.05) is 22.6 Å². The summed E-state index contributed by atoms with van der Waals surface area (Å²) in [7, 11) is -1.30. The van der Waals surface area contributed by atoms with Crippen molar-refractivity contribution in [3.8, 4) is 0 Å². The van der Waals surface area contributed by atoms with Gasteiger partial charge in [-0.2, -0.15) is 0 Å². The number of nitrogens with one attached hydrogen (secondary N) is 1. The second-order valence-electron chi connectivity index (χ2n) is 6.30. The minimum absolute atomic E-state index is 0. The molecule has 0 saturated heterocycles. The summed E-state index contributed by atoms with van der Waals surface area (Å²) >= 11 is 12.2. The molecule has 7 nitrogen and oxygen atoms in total. The van der Waals surface area contributed by atoms with Crippen molar-refractivity contribution in [2.75, 3.05) is 7.05 Å². The molecule has 2 unspecified atom stereocenters. The van der Waals surface area contributed by atoms with Crippen molar-refractivity contribution in [3.63, 3.8) is 0 Å². The lowest BCUT2D eigenvalue weighted by Gasteiger charge is -2.32. The van der Waals surface area contributed by atoms with E-state index in [1.165, 1.54) is 0 Å². The number of hydrogen-bond acceptors (Lipinski definition) is 6. The van der Waals surface area contributed by atoms with Crippen molar-refractivity contribution in [1.82, 2.24) is 5.32 Å². The van der Waals surface area contributed by atoms with Crippen LogP contribution in [0.2, 0.25) is 10.0 Å². The quantitative estimate of drug-likeness (QED) is 0.366. The predicted molar refractivity (Wildman–Crippen MR) is 112 cm³/mol. The van der Waals surface area contributed by atoms with Gasteiger partial charge in [-0.25, -0.2) is 16.8 Å². The summed E-state index contributed by atoms with van der Waals surface area (Å²) < 4.78 is 56.2. The van der Waals surface area contributed by atoms with Crippen molar-refractivity contribution < 1.29 is 27.4 Å². The third kappa shape index (κ3) is 6.80. The number of halogens is 3. The van der Waals surface area contributed by atoms with Gasteiger partial charge in [0.15, 0.2) is 0 Å². The van der Waals surface area contributed by atoms with Gasteiger partial charge in [-0.3, -0.25) is 4.55 Å². The van der Waals surface area contributed by atoms with Gasteiger partial charge in [-0.1, -0.05) is 35.3 Å². The summed E-state index contributed by atoms with van der Waals surface area (Å²) in [6.45, 7) is 0. The lowest BCUT2D eigenvalue weighted by Crippen LogP contribution is -2.24. The third-order valence-electron chi connectivity index (χ3n) is 4.53. The molecule has 12 heteroatoms. The molecule has 0 radical (unpaired) electrons. The van der Waals surface area contributed by atoms with Crippen LogP contribution in [-0.2, 0) is 19.4 Å². The maximum atomic E-state index is 11.7. The first-order chi connectivity index (χ1) is 13.3. The zero-order chi connectivity index (χ0) is 22.0. The zero-order valence-electron chi connectivity index (χ0n) is 16.0. The maximum Gasteiger partial charge on any atom is 1.00 e. The smallest absolute Gasteiger partial charge is 0.726 e. The van der Waals surface area contributed by atoms with Crippen LogP contribution in [0.25, 0.3) is 0 Å². The van der Waals surface area contributed by atoms with Crippen LogP contribution in [0.15, 0.2) is 41.3 Å². The second-order valence-corrected chi connectivity index (χ2v) is 10.5. The highest BCUT2D eigenvalue weighted by Gasteiger charge is 2.29. The fourth-order valence-corrected chi connectivity index (χ4v) is 4.44. The molecule has 1 aliphatic rings. The third-order valence-corrected chi connectivity index (χ3v) is 6.62. The Kier molecular flexibility index (Phi) is 7.97. The van der Waals surface area contributed by atoms with Crippen LogP contribution in [0.1, 0.15) is 42.9 Å². The van der Waals surface area contributed by atoms with Crippen molar-refractivity contribution >= 4 is 53.3 Å². The Balaban J connectivity index is 0.000000674. The average Bonchev–Trinajstić information content (AvgIpc) is 2.60. The van der Waals surface area contributed by atoms with E-state index in [0.717, 1.165) is 29.5 Å². The van der Waals surface area contributed by atoms with E-state index in [9.17, 15) is 8.42 Å². The Labute approximate surface area is 185 Å². The van der Waals surface area contributed by atoms with Crippen LogP contribution >= 0.6 is 33.9 Å². The molecule has 0 heterocycles. The minimum atomic E-state index is -4.92. The predicted octanol–water partition coefficient (Wildman–Crippen LogP) is 4.22. The Morgan fingerprint density at radius 1 is 1.03 bits per heavy atom.